The topological polar surface area (TPSA) is 55.6 Å². The monoisotopic (exact) mass is 275 g/mol. The molecule has 0 atom stereocenters. The zero-order valence-electron chi connectivity index (χ0n) is 12.4. The molecule has 0 saturated heterocycles. The van der Waals surface area contributed by atoms with Crippen LogP contribution in [0.4, 0.5) is 5.82 Å². The van der Waals surface area contributed by atoms with E-state index in [0.717, 1.165) is 24.3 Å². The SMILES string of the molecule is CN(c1nccn2cnnc12)C1CC(OC(C)(C)C)C1. The molecule has 108 valence electrons. The Morgan fingerprint density at radius 2 is 2.10 bits per heavy atom. The van der Waals surface area contributed by atoms with E-state index in [2.05, 4.69) is 47.9 Å². The molecule has 1 saturated carbocycles. The van der Waals surface area contributed by atoms with Crippen molar-refractivity contribution in [3.63, 3.8) is 0 Å². The van der Waals surface area contributed by atoms with E-state index in [0.29, 0.717) is 12.1 Å². The number of nitrogens with zero attached hydrogens (tertiary/aromatic N) is 5. The zero-order chi connectivity index (χ0) is 14.3. The summed E-state index contributed by atoms with van der Waals surface area (Å²) >= 11 is 0. The van der Waals surface area contributed by atoms with Crippen LogP contribution in [0.1, 0.15) is 33.6 Å². The molecule has 2 aromatic rings. The molecule has 0 aromatic carbocycles. The van der Waals surface area contributed by atoms with E-state index in [1.807, 2.05) is 10.6 Å². The van der Waals surface area contributed by atoms with Gasteiger partial charge in [0.2, 0.25) is 5.65 Å². The Bertz CT molecular complexity index is 597. The van der Waals surface area contributed by atoms with Crippen LogP contribution in [-0.4, -0.2) is 44.4 Å². The summed E-state index contributed by atoms with van der Waals surface area (Å²) in [4.78, 5) is 6.63. The van der Waals surface area contributed by atoms with Crippen molar-refractivity contribution in [3.8, 4) is 0 Å². The van der Waals surface area contributed by atoms with Gasteiger partial charge in [-0.2, -0.15) is 0 Å². The first-order valence-corrected chi connectivity index (χ1v) is 6.99. The van der Waals surface area contributed by atoms with Crippen molar-refractivity contribution in [2.75, 3.05) is 11.9 Å². The molecule has 0 aliphatic heterocycles. The lowest BCUT2D eigenvalue weighted by molar-refractivity contribution is -0.0981. The maximum Gasteiger partial charge on any atom is 0.203 e. The first-order chi connectivity index (χ1) is 9.44. The maximum atomic E-state index is 5.98. The van der Waals surface area contributed by atoms with E-state index in [1.54, 1.807) is 12.5 Å². The third kappa shape index (κ3) is 2.47. The summed E-state index contributed by atoms with van der Waals surface area (Å²) < 4.78 is 7.87. The fourth-order valence-corrected chi connectivity index (χ4v) is 2.62. The van der Waals surface area contributed by atoms with Gasteiger partial charge in [0.1, 0.15) is 6.33 Å². The molecule has 0 N–H and O–H groups in total. The molecule has 0 spiro atoms. The smallest absolute Gasteiger partial charge is 0.203 e. The Balaban J connectivity index is 1.69. The molecule has 20 heavy (non-hydrogen) atoms. The number of anilines is 1. The molecule has 0 radical (unpaired) electrons. The van der Waals surface area contributed by atoms with Crippen LogP contribution >= 0.6 is 0 Å². The molecule has 2 heterocycles. The van der Waals surface area contributed by atoms with Crippen LogP contribution in [0.15, 0.2) is 18.7 Å². The maximum absolute atomic E-state index is 5.98. The second-order valence-corrected chi connectivity index (χ2v) is 6.40. The molecule has 0 amide bonds. The number of ether oxygens (including phenoxy) is 1. The van der Waals surface area contributed by atoms with Gasteiger partial charge in [0, 0.05) is 25.5 Å². The molecule has 1 aliphatic rings. The summed E-state index contributed by atoms with van der Waals surface area (Å²) in [6.45, 7) is 6.30. The molecule has 2 aromatic heterocycles. The highest BCUT2D eigenvalue weighted by Crippen LogP contribution is 2.33. The summed E-state index contributed by atoms with van der Waals surface area (Å²) in [5.74, 6) is 0.879. The van der Waals surface area contributed by atoms with Crippen LogP contribution in [0.5, 0.6) is 0 Å². The minimum Gasteiger partial charge on any atom is -0.372 e. The molecule has 1 aliphatic carbocycles. The van der Waals surface area contributed by atoms with Crippen molar-refractivity contribution < 1.29 is 4.74 Å². The third-order valence-electron chi connectivity index (χ3n) is 3.67. The molecular formula is C14H21N5O. The van der Waals surface area contributed by atoms with Gasteiger partial charge < -0.3 is 9.64 Å². The molecule has 6 nitrogen and oxygen atoms in total. The van der Waals surface area contributed by atoms with E-state index < -0.39 is 0 Å². The summed E-state index contributed by atoms with van der Waals surface area (Å²) in [6.07, 6.45) is 7.75. The first-order valence-electron chi connectivity index (χ1n) is 6.99. The van der Waals surface area contributed by atoms with Crippen LogP contribution < -0.4 is 4.90 Å². The molecule has 6 heteroatoms. The lowest BCUT2D eigenvalue weighted by atomic mass is 9.87. The highest BCUT2D eigenvalue weighted by atomic mass is 16.5. The van der Waals surface area contributed by atoms with Gasteiger partial charge in [-0.3, -0.25) is 4.40 Å². The third-order valence-corrected chi connectivity index (χ3v) is 3.67. The Morgan fingerprint density at radius 1 is 1.35 bits per heavy atom. The van der Waals surface area contributed by atoms with E-state index >= 15 is 0 Å². The predicted molar refractivity (Wildman–Crippen MR) is 76.8 cm³/mol. The Labute approximate surface area is 118 Å². The summed E-state index contributed by atoms with van der Waals surface area (Å²) in [5.41, 5.74) is 0.731. The van der Waals surface area contributed by atoms with Gasteiger partial charge in [0.15, 0.2) is 5.82 Å². The van der Waals surface area contributed by atoms with Crippen molar-refractivity contribution in [3.05, 3.63) is 18.7 Å². The predicted octanol–water partition coefficient (Wildman–Crippen LogP) is 1.91. The van der Waals surface area contributed by atoms with Gasteiger partial charge in [-0.25, -0.2) is 4.98 Å². The van der Waals surface area contributed by atoms with Gasteiger partial charge in [-0.05, 0) is 33.6 Å². The lowest BCUT2D eigenvalue weighted by Gasteiger charge is -2.43. The number of rotatable bonds is 3. The second-order valence-electron chi connectivity index (χ2n) is 6.40. The Morgan fingerprint density at radius 3 is 2.80 bits per heavy atom. The van der Waals surface area contributed by atoms with Crippen molar-refractivity contribution in [2.24, 2.45) is 0 Å². The fourth-order valence-electron chi connectivity index (χ4n) is 2.62. The van der Waals surface area contributed by atoms with Gasteiger partial charge in [0.05, 0.1) is 11.7 Å². The van der Waals surface area contributed by atoms with Crippen LogP contribution in [-0.2, 0) is 4.74 Å². The summed E-state index contributed by atoms with van der Waals surface area (Å²) in [6, 6.07) is 0.456. The average Bonchev–Trinajstić information content (AvgIpc) is 2.79. The number of fused-ring (bicyclic) bond motifs is 1. The minimum atomic E-state index is -0.0700. The quantitative estimate of drug-likeness (QED) is 0.856. The van der Waals surface area contributed by atoms with E-state index in [-0.39, 0.29) is 5.60 Å². The Hall–Kier alpha value is -1.69. The fraction of sp³-hybridized carbons (Fsp3) is 0.643. The first kappa shape index (κ1) is 13.3. The van der Waals surface area contributed by atoms with Gasteiger partial charge in [-0.15, -0.1) is 10.2 Å². The highest BCUT2D eigenvalue weighted by Gasteiger charge is 2.36. The number of aromatic nitrogens is 4. The Kier molecular flexibility index (Phi) is 3.12. The van der Waals surface area contributed by atoms with Crippen LogP contribution in [0.2, 0.25) is 0 Å². The average molecular weight is 275 g/mol. The lowest BCUT2D eigenvalue weighted by Crippen LogP contribution is -2.49. The van der Waals surface area contributed by atoms with Crippen LogP contribution in [0, 0.1) is 0 Å². The van der Waals surface area contributed by atoms with Crippen molar-refractivity contribution in [1.82, 2.24) is 19.6 Å². The standard InChI is InChI=1S/C14H21N5O/c1-14(2,3)20-11-7-10(8-11)18(4)12-13-17-16-9-19(13)6-5-15-12/h5-6,9-11H,7-8H2,1-4H3. The molecular weight excluding hydrogens is 254 g/mol. The van der Waals surface area contributed by atoms with Crippen molar-refractivity contribution in [2.45, 2.75) is 51.4 Å². The molecule has 0 bridgehead atoms. The van der Waals surface area contributed by atoms with Gasteiger partial charge in [-0.1, -0.05) is 0 Å². The normalized spacial score (nSPS) is 22.8. The second kappa shape index (κ2) is 4.70. The van der Waals surface area contributed by atoms with E-state index in [4.69, 9.17) is 4.74 Å². The molecule has 3 rings (SSSR count). The van der Waals surface area contributed by atoms with Gasteiger partial charge >= 0.3 is 0 Å². The van der Waals surface area contributed by atoms with E-state index in [1.165, 1.54) is 0 Å². The van der Waals surface area contributed by atoms with E-state index in [9.17, 15) is 0 Å². The summed E-state index contributed by atoms with van der Waals surface area (Å²) in [7, 11) is 2.06. The number of hydrogen-bond donors (Lipinski definition) is 0. The van der Waals surface area contributed by atoms with Crippen molar-refractivity contribution >= 4 is 11.5 Å². The van der Waals surface area contributed by atoms with Crippen LogP contribution in [0.3, 0.4) is 0 Å². The van der Waals surface area contributed by atoms with Crippen molar-refractivity contribution in [1.29, 1.82) is 0 Å². The number of hydrogen-bond acceptors (Lipinski definition) is 5. The molecule has 0 unspecified atom stereocenters. The largest absolute Gasteiger partial charge is 0.372 e. The summed E-state index contributed by atoms with van der Waals surface area (Å²) in [5, 5.41) is 8.07. The molecule has 1 fully saturated rings. The van der Waals surface area contributed by atoms with Crippen LogP contribution in [0.25, 0.3) is 5.65 Å². The zero-order valence-corrected chi connectivity index (χ0v) is 12.4. The highest BCUT2D eigenvalue weighted by molar-refractivity contribution is 5.63. The minimum absolute atomic E-state index is 0.0700. The van der Waals surface area contributed by atoms with Gasteiger partial charge in [0.25, 0.3) is 0 Å².